The van der Waals surface area contributed by atoms with Crippen LogP contribution in [0, 0.1) is 5.92 Å². The zero-order valence-corrected chi connectivity index (χ0v) is 23.4. The number of nitrogens with zero attached hydrogens (tertiary/aromatic N) is 4. The molecule has 6 rings (SSSR count). The highest BCUT2D eigenvalue weighted by atomic mass is 32.1. The third-order valence-corrected chi connectivity index (χ3v) is 8.86. The van der Waals surface area contributed by atoms with E-state index in [2.05, 4.69) is 15.1 Å². The number of hydrogen-bond acceptors (Lipinski definition) is 6. The van der Waals surface area contributed by atoms with E-state index in [0.717, 1.165) is 28.2 Å². The molecule has 2 aromatic carbocycles. The molecule has 0 saturated carbocycles. The second-order valence-electron chi connectivity index (χ2n) is 10.5. The average Bonchev–Trinajstić information content (AvgIpc) is 3.75. The van der Waals surface area contributed by atoms with Gasteiger partial charge in [0, 0.05) is 31.6 Å². The molecule has 0 unspecified atom stereocenters. The maximum atomic E-state index is 13.5. The number of fused-ring (bicyclic) bond motifs is 1. The van der Waals surface area contributed by atoms with Crippen LogP contribution in [0.1, 0.15) is 57.8 Å². The molecule has 0 radical (unpaired) electrons. The molecule has 0 spiro atoms. The standard InChI is InChI=1S/C31H31N5O3S/c1-20(25-17-26(33-32-25)22-7-4-3-5-8-22)34(2)29(37)23-11-14-35(15-12-23)27-10-6-9-24-28(27)31(39)36(30(24)38)18-21-13-16-40-19-21/h3-10,13,16-17,19-20,23H,11-12,14-15,18H2,1-2H3,(H,32,33)/t20-/m0/s1. The van der Waals surface area contributed by atoms with Crippen molar-refractivity contribution in [1.29, 1.82) is 0 Å². The van der Waals surface area contributed by atoms with Gasteiger partial charge < -0.3 is 9.80 Å². The number of piperidine rings is 1. The van der Waals surface area contributed by atoms with Crippen molar-refractivity contribution in [2.75, 3.05) is 25.0 Å². The van der Waals surface area contributed by atoms with E-state index in [1.807, 2.05) is 79.3 Å². The monoisotopic (exact) mass is 553 g/mol. The molecule has 204 valence electrons. The number of carbonyl (C=O) groups excluding carboxylic acids is 3. The molecule has 9 heteroatoms. The first-order chi connectivity index (χ1) is 19.4. The summed E-state index contributed by atoms with van der Waals surface area (Å²) in [5.41, 5.74) is 5.44. The molecule has 4 aromatic rings. The number of carbonyl (C=O) groups is 3. The van der Waals surface area contributed by atoms with Gasteiger partial charge in [-0.3, -0.25) is 24.4 Å². The highest BCUT2D eigenvalue weighted by molar-refractivity contribution is 7.07. The molecule has 2 aromatic heterocycles. The van der Waals surface area contributed by atoms with Gasteiger partial charge in [0.2, 0.25) is 5.91 Å². The molecular formula is C31H31N5O3S. The molecular weight excluding hydrogens is 522 g/mol. The summed E-state index contributed by atoms with van der Waals surface area (Å²) in [6, 6.07) is 19.2. The molecule has 2 aliphatic rings. The topological polar surface area (TPSA) is 89.6 Å². The molecule has 40 heavy (non-hydrogen) atoms. The number of benzene rings is 2. The maximum Gasteiger partial charge on any atom is 0.263 e. The number of aromatic amines is 1. The van der Waals surface area contributed by atoms with Crippen molar-refractivity contribution in [2.24, 2.45) is 5.92 Å². The average molecular weight is 554 g/mol. The fraction of sp³-hybridized carbons (Fsp3) is 0.290. The van der Waals surface area contributed by atoms with Gasteiger partial charge in [0.15, 0.2) is 0 Å². The van der Waals surface area contributed by atoms with Crippen LogP contribution >= 0.6 is 11.3 Å². The zero-order valence-electron chi connectivity index (χ0n) is 22.5. The van der Waals surface area contributed by atoms with Crippen molar-refractivity contribution in [3.63, 3.8) is 0 Å². The molecule has 1 fully saturated rings. The van der Waals surface area contributed by atoms with E-state index >= 15 is 0 Å². The minimum Gasteiger partial charge on any atom is -0.371 e. The van der Waals surface area contributed by atoms with Gasteiger partial charge in [0.25, 0.3) is 11.8 Å². The number of H-pyrrole nitrogens is 1. The molecule has 1 N–H and O–H groups in total. The molecule has 1 atom stereocenters. The lowest BCUT2D eigenvalue weighted by Gasteiger charge is -2.36. The smallest absolute Gasteiger partial charge is 0.263 e. The quantitative estimate of drug-likeness (QED) is 0.311. The summed E-state index contributed by atoms with van der Waals surface area (Å²) in [4.78, 5) is 45.2. The number of imide groups is 1. The number of nitrogens with one attached hydrogen (secondary N) is 1. The first-order valence-corrected chi connectivity index (χ1v) is 14.5. The lowest BCUT2D eigenvalue weighted by atomic mass is 9.93. The highest BCUT2D eigenvalue weighted by Crippen LogP contribution is 2.35. The number of amides is 3. The normalized spacial score (nSPS) is 16.4. The van der Waals surface area contributed by atoms with Crippen molar-refractivity contribution in [2.45, 2.75) is 32.4 Å². The zero-order chi connectivity index (χ0) is 27.8. The van der Waals surface area contributed by atoms with Crippen molar-refractivity contribution in [1.82, 2.24) is 20.0 Å². The number of rotatable bonds is 7. The van der Waals surface area contributed by atoms with Gasteiger partial charge in [0.05, 0.1) is 40.8 Å². The molecule has 0 aliphatic carbocycles. The van der Waals surface area contributed by atoms with Gasteiger partial charge in [-0.05, 0) is 60.4 Å². The third-order valence-electron chi connectivity index (χ3n) is 8.13. The van der Waals surface area contributed by atoms with Crippen LogP contribution in [0.25, 0.3) is 11.3 Å². The fourth-order valence-corrected chi connectivity index (χ4v) is 6.31. The van der Waals surface area contributed by atoms with Crippen LogP contribution in [0.15, 0.2) is 71.4 Å². The van der Waals surface area contributed by atoms with Crippen LogP contribution < -0.4 is 4.90 Å². The van der Waals surface area contributed by atoms with Gasteiger partial charge >= 0.3 is 0 Å². The lowest BCUT2D eigenvalue weighted by molar-refractivity contribution is -0.136. The maximum absolute atomic E-state index is 13.5. The summed E-state index contributed by atoms with van der Waals surface area (Å²) in [6.45, 7) is 3.57. The number of thiophene rings is 1. The highest BCUT2D eigenvalue weighted by Gasteiger charge is 2.39. The summed E-state index contributed by atoms with van der Waals surface area (Å²) in [7, 11) is 1.85. The molecule has 8 nitrogen and oxygen atoms in total. The van der Waals surface area contributed by atoms with E-state index in [0.29, 0.717) is 37.1 Å². The van der Waals surface area contributed by atoms with Crippen LogP contribution in [0.4, 0.5) is 5.69 Å². The Labute approximate surface area is 237 Å². The Balaban J connectivity index is 1.11. The summed E-state index contributed by atoms with van der Waals surface area (Å²) in [6.07, 6.45) is 1.36. The molecule has 2 aliphatic heterocycles. The molecule has 4 heterocycles. The van der Waals surface area contributed by atoms with Crippen molar-refractivity contribution in [3.8, 4) is 11.3 Å². The molecule has 0 bridgehead atoms. The number of anilines is 1. The van der Waals surface area contributed by atoms with Gasteiger partial charge in [-0.25, -0.2) is 0 Å². The van der Waals surface area contributed by atoms with Crippen LogP contribution in [0.2, 0.25) is 0 Å². The number of hydrogen-bond donors (Lipinski definition) is 1. The molecule has 1 saturated heterocycles. The first kappa shape index (κ1) is 26.0. The summed E-state index contributed by atoms with van der Waals surface area (Å²) in [5, 5.41) is 11.5. The first-order valence-electron chi connectivity index (χ1n) is 13.5. The summed E-state index contributed by atoms with van der Waals surface area (Å²) >= 11 is 1.55. The third kappa shape index (κ3) is 4.70. The van der Waals surface area contributed by atoms with Crippen molar-refractivity contribution in [3.05, 3.63) is 93.8 Å². The van der Waals surface area contributed by atoms with Gasteiger partial charge in [-0.15, -0.1) is 0 Å². The SMILES string of the molecule is C[C@@H](c1cc(-c2ccccc2)n[nH]1)N(C)C(=O)C1CCN(c2cccc3c2C(=O)N(Cc2ccsc2)C3=O)CC1. The second-order valence-corrected chi connectivity index (χ2v) is 11.3. The largest absolute Gasteiger partial charge is 0.371 e. The fourth-order valence-electron chi connectivity index (χ4n) is 5.65. The van der Waals surface area contributed by atoms with E-state index in [1.54, 1.807) is 22.3 Å². The second kappa shape index (κ2) is 10.7. The van der Waals surface area contributed by atoms with E-state index in [4.69, 9.17) is 0 Å². The number of aromatic nitrogens is 2. The summed E-state index contributed by atoms with van der Waals surface area (Å²) < 4.78 is 0. The minimum atomic E-state index is -0.247. The Morgan fingerprint density at radius 2 is 1.85 bits per heavy atom. The van der Waals surface area contributed by atoms with E-state index in [-0.39, 0.29) is 36.2 Å². The van der Waals surface area contributed by atoms with Crippen molar-refractivity contribution < 1.29 is 14.4 Å². The summed E-state index contributed by atoms with van der Waals surface area (Å²) in [5.74, 6) is -0.496. The predicted octanol–water partition coefficient (Wildman–Crippen LogP) is 5.37. The van der Waals surface area contributed by atoms with Gasteiger partial charge in [-0.2, -0.15) is 16.4 Å². The van der Waals surface area contributed by atoms with Gasteiger partial charge in [0.1, 0.15) is 0 Å². The Kier molecular flexibility index (Phi) is 6.98. The van der Waals surface area contributed by atoms with Crippen LogP contribution in [0.5, 0.6) is 0 Å². The lowest BCUT2D eigenvalue weighted by Crippen LogP contribution is -2.42. The van der Waals surface area contributed by atoms with Crippen LogP contribution in [-0.4, -0.2) is 57.9 Å². The van der Waals surface area contributed by atoms with E-state index in [1.165, 1.54) is 4.90 Å². The Hall–Kier alpha value is -4.24. The van der Waals surface area contributed by atoms with E-state index < -0.39 is 0 Å². The Morgan fingerprint density at radius 3 is 2.58 bits per heavy atom. The minimum absolute atomic E-state index is 0.106. The van der Waals surface area contributed by atoms with E-state index in [9.17, 15) is 14.4 Å². The Morgan fingerprint density at radius 1 is 1.07 bits per heavy atom. The van der Waals surface area contributed by atoms with Crippen LogP contribution in [-0.2, 0) is 11.3 Å². The van der Waals surface area contributed by atoms with Crippen LogP contribution in [0.3, 0.4) is 0 Å². The van der Waals surface area contributed by atoms with Gasteiger partial charge in [-0.1, -0.05) is 36.4 Å². The molecule has 3 amide bonds. The van der Waals surface area contributed by atoms with Crippen molar-refractivity contribution >= 4 is 34.7 Å². The Bertz CT molecular complexity index is 1540. The predicted molar refractivity (Wildman–Crippen MR) is 155 cm³/mol.